The smallest absolute Gasteiger partial charge is 0.313 e. The van der Waals surface area contributed by atoms with Gasteiger partial charge in [-0.3, -0.25) is 9.69 Å². The Morgan fingerprint density at radius 1 is 0.543 bits per heavy atom. The minimum absolute atomic E-state index is 0.0922. The zero-order valence-electron chi connectivity index (χ0n) is 26.6. The van der Waals surface area contributed by atoms with Crippen LogP contribution in [-0.2, 0) is 38.0 Å². The van der Waals surface area contributed by atoms with Crippen molar-refractivity contribution < 1.29 is 64.6 Å². The Labute approximate surface area is 267 Å². The first-order valence-corrected chi connectivity index (χ1v) is 15.5. The van der Waals surface area contributed by atoms with Gasteiger partial charge in [0.25, 0.3) is 0 Å². The summed E-state index contributed by atoms with van der Waals surface area (Å²) in [5, 5.41) is 0. The minimum atomic E-state index is -2.34. The summed E-state index contributed by atoms with van der Waals surface area (Å²) in [5.41, 5.74) is 5.36. The number of nitrogens with two attached hydrogens (primary N) is 1. The molecule has 0 radical (unpaired) electrons. The monoisotopic (exact) mass is 676 g/mol. The van der Waals surface area contributed by atoms with E-state index in [1.54, 1.807) is 0 Å². The summed E-state index contributed by atoms with van der Waals surface area (Å²) in [6, 6.07) is 0. The van der Waals surface area contributed by atoms with E-state index in [9.17, 15) is 26.7 Å². The van der Waals surface area contributed by atoms with Crippen molar-refractivity contribution in [2.45, 2.75) is 32.6 Å². The van der Waals surface area contributed by atoms with Crippen molar-refractivity contribution in [3.05, 3.63) is 29.1 Å². The van der Waals surface area contributed by atoms with Gasteiger partial charge in [0.05, 0.1) is 92.3 Å². The lowest BCUT2D eigenvalue weighted by molar-refractivity contribution is -0.136. The third-order valence-corrected chi connectivity index (χ3v) is 6.13. The van der Waals surface area contributed by atoms with Crippen LogP contribution in [0.4, 0.5) is 22.0 Å². The molecule has 0 saturated carbocycles. The van der Waals surface area contributed by atoms with E-state index >= 15 is 0 Å². The molecule has 0 bridgehead atoms. The standard InChI is InChI=1S/C30H49F5N2O9/c1-2-3-4-10-39-13-7-37(9-15-43-19-23-45-21-17-41-12-6-36)8-14-42-18-22-44-20-16-40-11-5-24(38)46-30-28(34)26(32)25(31)27(33)29(30)35/h2-23,36H2,1H3. The highest BCUT2D eigenvalue weighted by Gasteiger charge is 2.28. The summed E-state index contributed by atoms with van der Waals surface area (Å²) in [6.07, 6.45) is 2.85. The summed E-state index contributed by atoms with van der Waals surface area (Å²) in [5.74, 6) is -14.1. The van der Waals surface area contributed by atoms with Crippen LogP contribution in [-0.4, -0.2) is 130 Å². The fourth-order valence-electron chi connectivity index (χ4n) is 3.63. The van der Waals surface area contributed by atoms with E-state index < -0.39 is 47.2 Å². The predicted molar refractivity (Wildman–Crippen MR) is 157 cm³/mol. The molecule has 1 aromatic carbocycles. The summed E-state index contributed by atoms with van der Waals surface area (Å²) in [7, 11) is 0. The Morgan fingerprint density at radius 3 is 1.39 bits per heavy atom. The van der Waals surface area contributed by atoms with Crippen molar-refractivity contribution in [3.63, 3.8) is 0 Å². The number of hydrogen-bond donors (Lipinski definition) is 1. The molecular weight excluding hydrogens is 627 g/mol. The molecule has 268 valence electrons. The van der Waals surface area contributed by atoms with Crippen molar-refractivity contribution in [2.75, 3.05) is 119 Å². The topological polar surface area (TPSA) is 120 Å². The van der Waals surface area contributed by atoms with Gasteiger partial charge in [-0.1, -0.05) is 19.8 Å². The molecule has 0 fully saturated rings. The van der Waals surface area contributed by atoms with E-state index in [1.807, 2.05) is 0 Å². The normalized spacial score (nSPS) is 11.6. The molecule has 1 aromatic rings. The Morgan fingerprint density at radius 2 is 0.935 bits per heavy atom. The second-order valence-electron chi connectivity index (χ2n) is 9.75. The number of carbonyl (C=O) groups is 1. The molecule has 46 heavy (non-hydrogen) atoms. The first-order chi connectivity index (χ1) is 22.3. The molecule has 2 N–H and O–H groups in total. The van der Waals surface area contributed by atoms with Gasteiger partial charge in [-0.25, -0.2) is 13.2 Å². The van der Waals surface area contributed by atoms with E-state index in [-0.39, 0.29) is 19.8 Å². The van der Waals surface area contributed by atoms with Gasteiger partial charge in [0.1, 0.15) is 0 Å². The van der Waals surface area contributed by atoms with Crippen LogP contribution in [0.15, 0.2) is 0 Å². The molecule has 11 nitrogen and oxygen atoms in total. The number of halogens is 5. The Balaban J connectivity index is 2.14. The van der Waals surface area contributed by atoms with Gasteiger partial charge in [0.2, 0.25) is 34.8 Å². The number of nitrogens with zero attached hydrogens (tertiary/aromatic N) is 1. The van der Waals surface area contributed by atoms with Crippen molar-refractivity contribution in [3.8, 4) is 5.75 Å². The molecule has 0 unspecified atom stereocenters. The van der Waals surface area contributed by atoms with Crippen LogP contribution < -0.4 is 10.5 Å². The third-order valence-electron chi connectivity index (χ3n) is 6.13. The molecule has 0 aromatic heterocycles. The lowest BCUT2D eigenvalue weighted by Crippen LogP contribution is -2.34. The minimum Gasteiger partial charge on any atom is -0.420 e. The zero-order chi connectivity index (χ0) is 33.8. The van der Waals surface area contributed by atoms with Gasteiger partial charge in [0, 0.05) is 32.8 Å². The quantitative estimate of drug-likeness (QED) is 0.0312. The molecule has 0 aliphatic carbocycles. The molecule has 0 aliphatic rings. The zero-order valence-corrected chi connectivity index (χ0v) is 26.6. The SMILES string of the molecule is CCCCCOCCN(CCOCCOCCOCCN)CCOCCOCCOCCC(=O)Oc1c(F)c(F)c(F)c(F)c1F. The van der Waals surface area contributed by atoms with E-state index in [1.165, 1.54) is 0 Å². The molecule has 0 aliphatic heterocycles. The van der Waals surface area contributed by atoms with Crippen LogP contribution in [0.1, 0.15) is 32.6 Å². The summed E-state index contributed by atoms with van der Waals surface area (Å²) >= 11 is 0. The summed E-state index contributed by atoms with van der Waals surface area (Å²) < 4.78 is 109. The molecule has 0 heterocycles. The maximum absolute atomic E-state index is 13.6. The Kier molecular flexibility index (Phi) is 25.6. The van der Waals surface area contributed by atoms with Crippen molar-refractivity contribution in [1.29, 1.82) is 0 Å². The second kappa shape index (κ2) is 28.0. The maximum atomic E-state index is 13.6. The van der Waals surface area contributed by atoms with Gasteiger partial charge in [0.15, 0.2) is 0 Å². The van der Waals surface area contributed by atoms with Crippen molar-refractivity contribution in [2.24, 2.45) is 5.73 Å². The van der Waals surface area contributed by atoms with Crippen molar-refractivity contribution in [1.82, 2.24) is 4.90 Å². The van der Waals surface area contributed by atoms with Crippen LogP contribution in [0.5, 0.6) is 5.75 Å². The van der Waals surface area contributed by atoms with Gasteiger partial charge in [-0.2, -0.15) is 8.78 Å². The lowest BCUT2D eigenvalue weighted by Gasteiger charge is -2.22. The number of hydrogen-bond acceptors (Lipinski definition) is 11. The molecule has 0 atom stereocenters. The number of ether oxygens (including phenoxy) is 8. The maximum Gasteiger partial charge on any atom is 0.313 e. The molecule has 0 saturated heterocycles. The predicted octanol–water partition coefficient (Wildman–Crippen LogP) is 3.24. The first kappa shape index (κ1) is 42.0. The van der Waals surface area contributed by atoms with Crippen LogP contribution in [0.25, 0.3) is 0 Å². The van der Waals surface area contributed by atoms with Crippen LogP contribution in [0.3, 0.4) is 0 Å². The van der Waals surface area contributed by atoms with Gasteiger partial charge >= 0.3 is 5.97 Å². The first-order valence-electron chi connectivity index (χ1n) is 15.5. The molecule has 16 heteroatoms. The van der Waals surface area contributed by atoms with E-state index in [0.717, 1.165) is 32.4 Å². The largest absolute Gasteiger partial charge is 0.420 e. The van der Waals surface area contributed by atoms with E-state index in [2.05, 4.69) is 16.6 Å². The molecule has 0 amide bonds. The summed E-state index contributed by atoms with van der Waals surface area (Å²) in [4.78, 5) is 13.9. The molecular formula is C30H49F5N2O9. The number of benzene rings is 1. The fourth-order valence-corrected chi connectivity index (χ4v) is 3.63. The highest BCUT2D eigenvalue weighted by Crippen LogP contribution is 2.29. The van der Waals surface area contributed by atoms with Crippen LogP contribution in [0, 0.1) is 29.1 Å². The second-order valence-corrected chi connectivity index (χ2v) is 9.75. The van der Waals surface area contributed by atoms with Crippen LogP contribution >= 0.6 is 0 Å². The van der Waals surface area contributed by atoms with Gasteiger partial charge < -0.3 is 43.6 Å². The third kappa shape index (κ3) is 19.6. The summed E-state index contributed by atoms with van der Waals surface area (Å²) in [6.45, 7) is 10.3. The van der Waals surface area contributed by atoms with Crippen molar-refractivity contribution >= 4 is 5.97 Å². The molecule has 0 spiro atoms. The van der Waals surface area contributed by atoms with E-state index in [4.69, 9.17) is 38.9 Å². The van der Waals surface area contributed by atoms with E-state index in [0.29, 0.717) is 85.7 Å². The lowest BCUT2D eigenvalue weighted by atomic mass is 10.2. The average molecular weight is 677 g/mol. The number of unbranched alkanes of at least 4 members (excludes halogenated alkanes) is 2. The fraction of sp³-hybridized carbons (Fsp3) is 0.767. The number of carbonyl (C=O) groups excluding carboxylic acids is 1. The average Bonchev–Trinajstić information content (AvgIpc) is 3.05. The highest BCUT2D eigenvalue weighted by molar-refractivity contribution is 5.72. The Bertz CT molecular complexity index is 908. The van der Waals surface area contributed by atoms with Crippen LogP contribution in [0.2, 0.25) is 0 Å². The number of esters is 1. The van der Waals surface area contributed by atoms with Gasteiger partial charge in [-0.15, -0.1) is 0 Å². The molecule has 1 rings (SSSR count). The Hall–Kier alpha value is -2.02. The van der Waals surface area contributed by atoms with Gasteiger partial charge in [-0.05, 0) is 6.42 Å². The highest BCUT2D eigenvalue weighted by atomic mass is 19.2. The number of rotatable bonds is 31.